The van der Waals surface area contributed by atoms with Crippen LogP contribution in [-0.2, 0) is 4.79 Å². The fraction of sp³-hybridized carbons (Fsp3) is 0. The van der Waals surface area contributed by atoms with Crippen molar-refractivity contribution in [2.75, 3.05) is 5.32 Å². The van der Waals surface area contributed by atoms with Crippen molar-refractivity contribution in [1.82, 2.24) is 9.97 Å². The minimum atomic E-state index is -0.128. The molecule has 1 amide bonds. The molecule has 0 spiro atoms. The van der Waals surface area contributed by atoms with Gasteiger partial charge in [0.25, 0.3) is 5.91 Å². The molecule has 17 heavy (non-hydrogen) atoms. The Hall–Kier alpha value is -2.07. The summed E-state index contributed by atoms with van der Waals surface area (Å²) >= 11 is 5.93. The summed E-state index contributed by atoms with van der Waals surface area (Å²) in [4.78, 5) is 18.6. The molecule has 2 aromatic rings. The van der Waals surface area contributed by atoms with Gasteiger partial charge in [-0.05, 0) is 24.3 Å². The molecular formula is C12H8ClN3O. The van der Waals surface area contributed by atoms with E-state index in [2.05, 4.69) is 15.3 Å². The van der Waals surface area contributed by atoms with Gasteiger partial charge in [-0.1, -0.05) is 11.6 Å². The third-order valence-corrected chi connectivity index (χ3v) is 2.82. The number of aromatic nitrogens is 2. The number of carbonyl (C=O) groups excluding carboxylic acids is 1. The standard InChI is InChI=1S/C12H8ClN3O/c13-7-1-2-11-9(3-7)10(12(17)16-11)4-8-5-14-6-15-8/h1-6H,(H,14,15)(H,16,17)/b10-4-. The first-order chi connectivity index (χ1) is 8.24. The maximum absolute atomic E-state index is 11.8. The number of rotatable bonds is 1. The molecule has 0 bridgehead atoms. The normalized spacial score (nSPS) is 16.1. The maximum atomic E-state index is 11.8. The van der Waals surface area contributed by atoms with E-state index < -0.39 is 0 Å². The number of imidazole rings is 1. The minimum absolute atomic E-state index is 0.128. The molecule has 0 unspecified atom stereocenters. The van der Waals surface area contributed by atoms with Gasteiger partial charge < -0.3 is 10.3 Å². The van der Waals surface area contributed by atoms with Crippen molar-refractivity contribution in [3.05, 3.63) is 47.0 Å². The highest BCUT2D eigenvalue weighted by atomic mass is 35.5. The Morgan fingerprint density at radius 1 is 1.35 bits per heavy atom. The van der Waals surface area contributed by atoms with Crippen molar-refractivity contribution in [3.63, 3.8) is 0 Å². The van der Waals surface area contributed by atoms with Crippen LogP contribution in [0.2, 0.25) is 5.02 Å². The Balaban J connectivity index is 2.13. The zero-order valence-electron chi connectivity index (χ0n) is 8.70. The number of benzene rings is 1. The topological polar surface area (TPSA) is 57.8 Å². The monoisotopic (exact) mass is 245 g/mol. The van der Waals surface area contributed by atoms with E-state index in [-0.39, 0.29) is 5.91 Å². The molecule has 0 saturated heterocycles. The molecule has 4 nitrogen and oxygen atoms in total. The van der Waals surface area contributed by atoms with Crippen LogP contribution in [0.15, 0.2) is 30.7 Å². The van der Waals surface area contributed by atoms with Gasteiger partial charge >= 0.3 is 0 Å². The first-order valence-corrected chi connectivity index (χ1v) is 5.43. The van der Waals surface area contributed by atoms with Crippen LogP contribution >= 0.6 is 11.6 Å². The molecule has 1 aromatic heterocycles. The number of hydrogen-bond donors (Lipinski definition) is 2. The summed E-state index contributed by atoms with van der Waals surface area (Å²) in [5.74, 6) is -0.128. The number of amides is 1. The highest BCUT2D eigenvalue weighted by molar-refractivity contribution is 6.36. The Labute approximate surface area is 102 Å². The van der Waals surface area contributed by atoms with Crippen molar-refractivity contribution >= 4 is 34.8 Å². The average molecular weight is 246 g/mol. The Morgan fingerprint density at radius 3 is 3.00 bits per heavy atom. The summed E-state index contributed by atoms with van der Waals surface area (Å²) in [6.45, 7) is 0. The van der Waals surface area contributed by atoms with Gasteiger partial charge in [0.1, 0.15) is 0 Å². The zero-order valence-corrected chi connectivity index (χ0v) is 9.45. The maximum Gasteiger partial charge on any atom is 0.256 e. The van der Waals surface area contributed by atoms with Crippen LogP contribution in [0.4, 0.5) is 5.69 Å². The van der Waals surface area contributed by atoms with Crippen LogP contribution < -0.4 is 5.32 Å². The van der Waals surface area contributed by atoms with E-state index >= 15 is 0 Å². The van der Waals surface area contributed by atoms with Crippen LogP contribution in [0.1, 0.15) is 11.3 Å². The number of anilines is 1. The molecule has 0 atom stereocenters. The van der Waals surface area contributed by atoms with Crippen LogP contribution in [0.5, 0.6) is 0 Å². The van der Waals surface area contributed by atoms with E-state index in [0.717, 1.165) is 16.9 Å². The van der Waals surface area contributed by atoms with E-state index in [4.69, 9.17) is 11.6 Å². The minimum Gasteiger partial charge on any atom is -0.345 e. The van der Waals surface area contributed by atoms with E-state index in [0.29, 0.717) is 10.6 Å². The number of halogens is 1. The first kappa shape index (κ1) is 10.1. The summed E-state index contributed by atoms with van der Waals surface area (Å²) in [5, 5.41) is 3.39. The van der Waals surface area contributed by atoms with Crippen molar-refractivity contribution in [2.45, 2.75) is 0 Å². The smallest absolute Gasteiger partial charge is 0.256 e. The third kappa shape index (κ3) is 1.72. The Bertz CT molecular complexity index is 617. The number of nitrogens with zero attached hydrogens (tertiary/aromatic N) is 1. The first-order valence-electron chi connectivity index (χ1n) is 5.05. The average Bonchev–Trinajstić information content (AvgIpc) is 2.90. The van der Waals surface area contributed by atoms with Gasteiger partial charge in [0, 0.05) is 16.3 Å². The molecular weight excluding hydrogens is 238 g/mol. The van der Waals surface area contributed by atoms with Crippen molar-refractivity contribution in [3.8, 4) is 0 Å². The quantitative estimate of drug-likeness (QED) is 0.759. The predicted molar refractivity (Wildman–Crippen MR) is 66.5 cm³/mol. The van der Waals surface area contributed by atoms with Crippen LogP contribution in [0, 0.1) is 0 Å². The Morgan fingerprint density at radius 2 is 2.24 bits per heavy atom. The van der Waals surface area contributed by atoms with Gasteiger partial charge in [0.2, 0.25) is 0 Å². The van der Waals surface area contributed by atoms with Gasteiger partial charge in [-0.25, -0.2) is 4.98 Å². The number of nitrogens with one attached hydrogen (secondary N) is 2. The van der Waals surface area contributed by atoms with Crippen molar-refractivity contribution < 1.29 is 4.79 Å². The fourth-order valence-corrected chi connectivity index (χ4v) is 1.98. The van der Waals surface area contributed by atoms with E-state index in [1.807, 2.05) is 0 Å². The van der Waals surface area contributed by atoms with E-state index in [1.165, 1.54) is 0 Å². The molecule has 1 aromatic carbocycles. The number of H-pyrrole nitrogens is 1. The Kier molecular flexibility index (Phi) is 2.23. The molecule has 0 aliphatic carbocycles. The molecule has 2 heterocycles. The van der Waals surface area contributed by atoms with Gasteiger partial charge in [-0.2, -0.15) is 0 Å². The second-order valence-electron chi connectivity index (χ2n) is 3.71. The lowest BCUT2D eigenvalue weighted by Gasteiger charge is -1.98. The fourth-order valence-electron chi connectivity index (χ4n) is 1.80. The van der Waals surface area contributed by atoms with Crippen LogP contribution in [0.25, 0.3) is 11.6 Å². The van der Waals surface area contributed by atoms with Crippen molar-refractivity contribution in [1.29, 1.82) is 0 Å². The lowest BCUT2D eigenvalue weighted by atomic mass is 10.1. The van der Waals surface area contributed by atoms with Gasteiger partial charge in [-0.3, -0.25) is 4.79 Å². The lowest BCUT2D eigenvalue weighted by Crippen LogP contribution is -2.03. The zero-order chi connectivity index (χ0) is 11.8. The highest BCUT2D eigenvalue weighted by Gasteiger charge is 2.24. The second-order valence-corrected chi connectivity index (χ2v) is 4.15. The summed E-state index contributed by atoms with van der Waals surface area (Å²) < 4.78 is 0. The summed E-state index contributed by atoms with van der Waals surface area (Å²) in [6, 6.07) is 5.32. The molecule has 5 heteroatoms. The largest absolute Gasteiger partial charge is 0.345 e. The van der Waals surface area contributed by atoms with E-state index in [9.17, 15) is 4.79 Å². The second kappa shape index (κ2) is 3.75. The lowest BCUT2D eigenvalue weighted by molar-refractivity contribution is -0.110. The molecule has 3 rings (SSSR count). The number of fused-ring (bicyclic) bond motifs is 1. The molecule has 84 valence electrons. The molecule has 1 aliphatic rings. The summed E-state index contributed by atoms with van der Waals surface area (Å²) in [7, 11) is 0. The van der Waals surface area contributed by atoms with Gasteiger partial charge in [0.15, 0.2) is 0 Å². The number of hydrogen-bond acceptors (Lipinski definition) is 2. The predicted octanol–water partition coefficient (Wildman–Crippen LogP) is 2.56. The summed E-state index contributed by atoms with van der Waals surface area (Å²) in [6.07, 6.45) is 4.98. The van der Waals surface area contributed by atoms with Gasteiger partial charge in [0.05, 0.1) is 23.8 Å². The van der Waals surface area contributed by atoms with Crippen LogP contribution in [0.3, 0.4) is 0 Å². The SMILES string of the molecule is O=C1Nc2ccc(Cl)cc2/C1=C/c1cnc[nH]1. The number of carbonyl (C=O) groups is 1. The molecule has 0 fully saturated rings. The molecule has 0 radical (unpaired) electrons. The van der Waals surface area contributed by atoms with Gasteiger partial charge in [-0.15, -0.1) is 0 Å². The highest BCUT2D eigenvalue weighted by Crippen LogP contribution is 2.34. The third-order valence-electron chi connectivity index (χ3n) is 2.58. The molecule has 2 N–H and O–H groups in total. The summed E-state index contributed by atoms with van der Waals surface area (Å²) in [5.41, 5.74) is 2.97. The number of aromatic amines is 1. The van der Waals surface area contributed by atoms with Crippen molar-refractivity contribution in [2.24, 2.45) is 0 Å². The van der Waals surface area contributed by atoms with E-state index in [1.54, 1.807) is 36.8 Å². The molecule has 1 aliphatic heterocycles. The van der Waals surface area contributed by atoms with Crippen LogP contribution in [-0.4, -0.2) is 15.9 Å². The molecule has 0 saturated carbocycles.